The highest BCUT2D eigenvalue weighted by molar-refractivity contribution is 14.1. The zero-order valence-electron chi connectivity index (χ0n) is 10.7. The molecular weight excluding hydrogens is 399 g/mol. The number of halogens is 1. The number of nitrogens with zero attached hydrogens (tertiary/aromatic N) is 1. The number of nitrogens with one attached hydrogen (secondary N) is 1. The van der Waals surface area contributed by atoms with Crippen LogP contribution < -0.4 is 11.2 Å². The maximum Gasteiger partial charge on any atom is 0.330 e. The molecule has 1 saturated heterocycles. The summed E-state index contributed by atoms with van der Waals surface area (Å²) >= 11 is 1.53. The predicted molar refractivity (Wildman–Crippen MR) is 77.9 cm³/mol. The standard InChI is InChI=1S/C11H15IN2O7/c12-9(18)8(17)4-2-14(11(20)13-10(4)19)7-1-5(16)6(3-15)21-7/h2,5-9,15-18H,1,3H2,(H,13,19,20)/t5-,6+,7+,8?,9?/m0/s1. The molecule has 5 N–H and O–H groups in total. The van der Waals surface area contributed by atoms with Crippen LogP contribution in [0.3, 0.4) is 0 Å². The minimum absolute atomic E-state index is 0.0551. The quantitative estimate of drug-likeness (QED) is 0.282. The van der Waals surface area contributed by atoms with Gasteiger partial charge >= 0.3 is 5.69 Å². The highest BCUT2D eigenvalue weighted by Gasteiger charge is 2.35. The molecule has 5 atom stereocenters. The summed E-state index contributed by atoms with van der Waals surface area (Å²) in [7, 11) is 0. The van der Waals surface area contributed by atoms with Crippen LogP contribution in [0.1, 0.15) is 24.3 Å². The van der Waals surface area contributed by atoms with E-state index < -0.39 is 46.5 Å². The van der Waals surface area contributed by atoms with E-state index in [1.54, 1.807) is 0 Å². The average Bonchev–Trinajstić information content (AvgIpc) is 2.79. The third kappa shape index (κ3) is 3.35. The van der Waals surface area contributed by atoms with E-state index in [4.69, 9.17) is 9.84 Å². The summed E-state index contributed by atoms with van der Waals surface area (Å²) in [5, 5.41) is 37.8. The lowest BCUT2D eigenvalue weighted by Crippen LogP contribution is -2.36. The van der Waals surface area contributed by atoms with Gasteiger partial charge < -0.3 is 25.2 Å². The number of H-pyrrole nitrogens is 1. The molecule has 0 amide bonds. The van der Waals surface area contributed by atoms with Crippen molar-refractivity contribution in [1.82, 2.24) is 9.55 Å². The van der Waals surface area contributed by atoms with Crippen LogP contribution in [0.5, 0.6) is 0 Å². The largest absolute Gasteiger partial charge is 0.394 e. The van der Waals surface area contributed by atoms with Gasteiger partial charge in [0.1, 0.15) is 22.5 Å². The zero-order valence-corrected chi connectivity index (χ0v) is 12.9. The zero-order chi connectivity index (χ0) is 15.7. The fourth-order valence-corrected chi connectivity index (χ4v) is 2.51. The van der Waals surface area contributed by atoms with Crippen molar-refractivity contribution in [2.75, 3.05) is 6.61 Å². The molecule has 0 aromatic carbocycles. The Labute approximate surface area is 132 Å². The van der Waals surface area contributed by atoms with Crippen molar-refractivity contribution in [2.24, 2.45) is 0 Å². The summed E-state index contributed by atoms with van der Waals surface area (Å²) in [6.07, 6.45) is -2.97. The first-order valence-electron chi connectivity index (χ1n) is 6.15. The monoisotopic (exact) mass is 414 g/mol. The Balaban J connectivity index is 2.39. The van der Waals surface area contributed by atoms with Crippen LogP contribution in [0.4, 0.5) is 0 Å². The molecule has 2 unspecified atom stereocenters. The van der Waals surface area contributed by atoms with Crippen molar-refractivity contribution in [3.05, 3.63) is 32.6 Å². The molecular formula is C11H15IN2O7. The molecule has 0 saturated carbocycles. The number of ether oxygens (including phenoxy) is 1. The third-order valence-electron chi connectivity index (χ3n) is 3.27. The Bertz CT molecular complexity index is 613. The van der Waals surface area contributed by atoms with E-state index >= 15 is 0 Å². The van der Waals surface area contributed by atoms with Gasteiger partial charge in [-0.2, -0.15) is 0 Å². The number of aromatic nitrogens is 2. The molecule has 118 valence electrons. The summed E-state index contributed by atoms with van der Waals surface area (Å²) < 4.78 is 5.10. The highest BCUT2D eigenvalue weighted by atomic mass is 127. The van der Waals surface area contributed by atoms with Crippen molar-refractivity contribution >= 4 is 22.6 Å². The van der Waals surface area contributed by atoms with Crippen LogP contribution >= 0.6 is 22.6 Å². The molecule has 0 radical (unpaired) electrons. The summed E-state index contributed by atoms with van der Waals surface area (Å²) in [5.74, 6) is 0. The molecule has 1 aliphatic rings. The van der Waals surface area contributed by atoms with Gasteiger partial charge in [-0.3, -0.25) is 14.3 Å². The molecule has 21 heavy (non-hydrogen) atoms. The third-order valence-corrected chi connectivity index (χ3v) is 3.95. The summed E-state index contributed by atoms with van der Waals surface area (Å²) in [6, 6.07) is 0. The Morgan fingerprint density at radius 1 is 1.48 bits per heavy atom. The van der Waals surface area contributed by atoms with Crippen LogP contribution in [0.15, 0.2) is 15.8 Å². The lowest BCUT2D eigenvalue weighted by atomic mass is 10.2. The Morgan fingerprint density at radius 2 is 2.14 bits per heavy atom. The van der Waals surface area contributed by atoms with E-state index in [1.165, 1.54) is 22.6 Å². The predicted octanol–water partition coefficient (Wildman–Crippen LogP) is -2.04. The minimum Gasteiger partial charge on any atom is -0.394 e. The number of hydrogen-bond donors (Lipinski definition) is 5. The van der Waals surface area contributed by atoms with Gasteiger partial charge in [0.15, 0.2) is 0 Å². The number of hydrogen-bond acceptors (Lipinski definition) is 7. The van der Waals surface area contributed by atoms with Crippen molar-refractivity contribution in [3.8, 4) is 0 Å². The van der Waals surface area contributed by atoms with Gasteiger partial charge in [0.2, 0.25) is 0 Å². The van der Waals surface area contributed by atoms with Gasteiger partial charge in [-0.1, -0.05) is 0 Å². The second-order valence-corrected chi connectivity index (χ2v) is 5.96. The molecule has 1 aliphatic heterocycles. The minimum atomic E-state index is -1.47. The average molecular weight is 414 g/mol. The summed E-state index contributed by atoms with van der Waals surface area (Å²) in [5.41, 5.74) is -1.77. The molecule has 1 aromatic heterocycles. The fraction of sp³-hybridized carbons (Fsp3) is 0.636. The number of aliphatic hydroxyl groups is 4. The van der Waals surface area contributed by atoms with Crippen LogP contribution in [-0.2, 0) is 4.74 Å². The molecule has 1 fully saturated rings. The number of aliphatic hydroxyl groups excluding tert-OH is 4. The van der Waals surface area contributed by atoms with Gasteiger partial charge in [0.25, 0.3) is 5.56 Å². The van der Waals surface area contributed by atoms with Gasteiger partial charge in [-0.05, 0) is 22.6 Å². The van der Waals surface area contributed by atoms with Gasteiger partial charge in [-0.15, -0.1) is 0 Å². The molecule has 9 nitrogen and oxygen atoms in total. The Hall–Kier alpha value is -0.790. The first kappa shape index (κ1) is 16.6. The first-order valence-corrected chi connectivity index (χ1v) is 7.39. The van der Waals surface area contributed by atoms with Crippen molar-refractivity contribution < 1.29 is 25.2 Å². The van der Waals surface area contributed by atoms with Crippen molar-refractivity contribution in [3.63, 3.8) is 0 Å². The van der Waals surface area contributed by atoms with Crippen LogP contribution in [0, 0.1) is 0 Å². The maximum atomic E-state index is 11.8. The molecule has 2 rings (SSSR count). The molecule has 1 aromatic rings. The second kappa shape index (κ2) is 6.54. The first-order chi connectivity index (χ1) is 9.85. The van der Waals surface area contributed by atoms with E-state index in [9.17, 15) is 24.9 Å². The second-order valence-electron chi connectivity index (χ2n) is 4.68. The van der Waals surface area contributed by atoms with Gasteiger partial charge in [0, 0.05) is 12.6 Å². The Kier molecular flexibility index (Phi) is 5.16. The smallest absolute Gasteiger partial charge is 0.330 e. The summed E-state index contributed by atoms with van der Waals surface area (Å²) in [4.78, 5) is 25.5. The van der Waals surface area contributed by atoms with E-state index in [2.05, 4.69) is 0 Å². The fourth-order valence-electron chi connectivity index (χ4n) is 2.12. The molecule has 0 spiro atoms. The molecule has 0 aliphatic carbocycles. The normalized spacial score (nSPS) is 28.5. The topological polar surface area (TPSA) is 145 Å². The van der Waals surface area contributed by atoms with Crippen LogP contribution in [0.25, 0.3) is 0 Å². The lowest BCUT2D eigenvalue weighted by Gasteiger charge is -2.17. The Morgan fingerprint density at radius 3 is 2.67 bits per heavy atom. The van der Waals surface area contributed by atoms with Crippen molar-refractivity contribution in [2.45, 2.75) is 35.1 Å². The van der Waals surface area contributed by atoms with E-state index in [0.29, 0.717) is 0 Å². The van der Waals surface area contributed by atoms with Crippen molar-refractivity contribution in [1.29, 1.82) is 0 Å². The van der Waals surface area contributed by atoms with E-state index in [0.717, 1.165) is 10.8 Å². The number of alkyl halides is 1. The number of aromatic amines is 1. The summed E-state index contributed by atoms with van der Waals surface area (Å²) in [6.45, 7) is -0.405. The highest BCUT2D eigenvalue weighted by Crippen LogP contribution is 2.28. The SMILES string of the molecule is O=c1[nH]c(=O)n([C@H]2C[C@H](O)[C@@H](CO)O2)cc1C(O)C(O)I. The molecule has 0 bridgehead atoms. The van der Waals surface area contributed by atoms with E-state index in [1.807, 2.05) is 4.98 Å². The van der Waals surface area contributed by atoms with E-state index in [-0.39, 0.29) is 12.0 Å². The van der Waals surface area contributed by atoms with Crippen LogP contribution in [0.2, 0.25) is 0 Å². The van der Waals surface area contributed by atoms with Crippen LogP contribution in [-0.4, -0.2) is 52.9 Å². The van der Waals surface area contributed by atoms with Gasteiger partial charge in [0.05, 0.1) is 18.3 Å². The molecule has 10 heteroatoms. The maximum absolute atomic E-state index is 11.8. The molecule has 2 heterocycles. The number of rotatable bonds is 4. The lowest BCUT2D eigenvalue weighted by molar-refractivity contribution is -0.0462. The van der Waals surface area contributed by atoms with Gasteiger partial charge in [-0.25, -0.2) is 4.79 Å².